The Morgan fingerprint density at radius 3 is 2.50 bits per heavy atom. The average molecular weight is 245 g/mol. The van der Waals surface area contributed by atoms with Crippen LogP contribution in [0.2, 0.25) is 0 Å². The fourth-order valence-corrected chi connectivity index (χ4v) is 2.80. The maximum Gasteiger partial charge on any atom is 0.0346 e. The second kappa shape index (κ2) is 3.25. The second-order valence-corrected chi connectivity index (χ2v) is 4.74. The minimum Gasteiger partial charge on any atom is -0.123 e. The molecule has 2 unspecified atom stereocenters. The lowest BCUT2D eigenvalue weighted by atomic mass is 10.0. The van der Waals surface area contributed by atoms with Gasteiger partial charge in [-0.25, -0.2) is 0 Å². The number of hydrogen-bond acceptors (Lipinski definition) is 0. The molecular formula is C6H10ClI. The molecule has 0 heterocycles. The molecule has 0 aromatic heterocycles. The van der Waals surface area contributed by atoms with Crippen LogP contribution in [0.15, 0.2) is 0 Å². The van der Waals surface area contributed by atoms with Gasteiger partial charge in [0.05, 0.1) is 0 Å². The van der Waals surface area contributed by atoms with Crippen molar-refractivity contribution in [3.05, 3.63) is 0 Å². The Balaban J connectivity index is 2.23. The molecule has 0 saturated heterocycles. The van der Waals surface area contributed by atoms with Crippen molar-refractivity contribution in [1.82, 2.24) is 0 Å². The summed E-state index contributed by atoms with van der Waals surface area (Å²) in [6.45, 7) is 0. The Hall–Kier alpha value is 1.02. The molecule has 0 aromatic carbocycles. The van der Waals surface area contributed by atoms with E-state index in [4.69, 9.17) is 11.6 Å². The fraction of sp³-hybridized carbons (Fsp3) is 1.00. The van der Waals surface area contributed by atoms with Crippen LogP contribution in [0.4, 0.5) is 0 Å². The van der Waals surface area contributed by atoms with Crippen LogP contribution < -0.4 is 0 Å². The van der Waals surface area contributed by atoms with Gasteiger partial charge in [-0.15, -0.1) is 11.6 Å². The van der Waals surface area contributed by atoms with E-state index in [9.17, 15) is 0 Å². The quantitative estimate of drug-likeness (QED) is 0.454. The number of hydrogen-bond donors (Lipinski definition) is 0. The molecule has 1 saturated carbocycles. The minimum absolute atomic E-state index is 0.477. The van der Waals surface area contributed by atoms with Gasteiger partial charge in [0.1, 0.15) is 0 Å². The summed E-state index contributed by atoms with van der Waals surface area (Å²) >= 11 is 8.39. The van der Waals surface area contributed by atoms with Crippen LogP contribution in [0, 0.1) is 0 Å². The van der Waals surface area contributed by atoms with E-state index in [2.05, 4.69) is 22.6 Å². The van der Waals surface area contributed by atoms with E-state index in [-0.39, 0.29) is 0 Å². The summed E-state index contributed by atoms with van der Waals surface area (Å²) in [5, 5.41) is 0.477. The minimum atomic E-state index is 0.477. The molecule has 0 aromatic rings. The average Bonchev–Trinajstić information content (AvgIpc) is 1.64. The van der Waals surface area contributed by atoms with Crippen LogP contribution in [0.25, 0.3) is 0 Å². The molecule has 0 spiro atoms. The Morgan fingerprint density at radius 1 is 1.38 bits per heavy atom. The first-order valence-corrected chi connectivity index (χ1v) is 4.75. The van der Waals surface area contributed by atoms with Crippen molar-refractivity contribution in [1.29, 1.82) is 0 Å². The maximum atomic E-state index is 5.91. The smallest absolute Gasteiger partial charge is 0.0346 e. The van der Waals surface area contributed by atoms with Crippen molar-refractivity contribution in [3.8, 4) is 0 Å². The summed E-state index contributed by atoms with van der Waals surface area (Å²) in [6.07, 6.45) is 5.18. The zero-order chi connectivity index (χ0) is 5.98. The normalized spacial score (nSPS) is 39.8. The highest BCUT2D eigenvalue weighted by molar-refractivity contribution is 14.1. The SMILES string of the molecule is ClC1CCCC(I)C1. The van der Waals surface area contributed by atoms with Gasteiger partial charge in [0, 0.05) is 9.30 Å². The van der Waals surface area contributed by atoms with Crippen LogP contribution in [0.1, 0.15) is 25.7 Å². The van der Waals surface area contributed by atoms with Crippen LogP contribution >= 0.6 is 34.2 Å². The largest absolute Gasteiger partial charge is 0.123 e. The third-order valence-electron chi connectivity index (χ3n) is 1.55. The molecule has 0 N–H and O–H groups in total. The van der Waals surface area contributed by atoms with Gasteiger partial charge in [0.25, 0.3) is 0 Å². The highest BCUT2D eigenvalue weighted by atomic mass is 127. The lowest BCUT2D eigenvalue weighted by Gasteiger charge is -2.19. The van der Waals surface area contributed by atoms with Crippen molar-refractivity contribution in [2.75, 3.05) is 0 Å². The van der Waals surface area contributed by atoms with Crippen LogP contribution in [0.5, 0.6) is 0 Å². The van der Waals surface area contributed by atoms with E-state index in [1.165, 1.54) is 25.7 Å². The van der Waals surface area contributed by atoms with Gasteiger partial charge < -0.3 is 0 Å². The Labute approximate surface area is 69.1 Å². The first kappa shape index (κ1) is 7.13. The van der Waals surface area contributed by atoms with Crippen molar-refractivity contribution < 1.29 is 0 Å². The summed E-state index contributed by atoms with van der Waals surface area (Å²) < 4.78 is 0.851. The molecule has 2 heteroatoms. The first-order chi connectivity index (χ1) is 3.79. The highest BCUT2D eigenvalue weighted by Crippen LogP contribution is 2.27. The van der Waals surface area contributed by atoms with Gasteiger partial charge in [-0.05, 0) is 19.3 Å². The standard InChI is InChI=1S/C6H10ClI/c7-5-2-1-3-6(8)4-5/h5-6H,1-4H2. The van der Waals surface area contributed by atoms with Gasteiger partial charge in [-0.3, -0.25) is 0 Å². The summed E-state index contributed by atoms with van der Waals surface area (Å²) in [7, 11) is 0. The summed E-state index contributed by atoms with van der Waals surface area (Å²) in [4.78, 5) is 0. The molecule has 0 nitrogen and oxygen atoms in total. The zero-order valence-corrected chi connectivity index (χ0v) is 7.65. The van der Waals surface area contributed by atoms with E-state index < -0.39 is 0 Å². The summed E-state index contributed by atoms with van der Waals surface area (Å²) in [5.74, 6) is 0. The fourth-order valence-electron chi connectivity index (χ4n) is 1.07. The van der Waals surface area contributed by atoms with Crippen molar-refractivity contribution in [2.24, 2.45) is 0 Å². The molecule has 2 atom stereocenters. The van der Waals surface area contributed by atoms with Gasteiger partial charge in [-0.2, -0.15) is 0 Å². The zero-order valence-electron chi connectivity index (χ0n) is 4.74. The van der Waals surface area contributed by atoms with Gasteiger partial charge >= 0.3 is 0 Å². The van der Waals surface area contributed by atoms with Gasteiger partial charge in [0.2, 0.25) is 0 Å². The first-order valence-electron chi connectivity index (χ1n) is 3.07. The van der Waals surface area contributed by atoms with Crippen LogP contribution in [-0.4, -0.2) is 9.30 Å². The molecule has 0 aliphatic heterocycles. The lowest BCUT2D eigenvalue weighted by molar-refractivity contribution is 0.535. The molecule has 48 valence electrons. The van der Waals surface area contributed by atoms with Crippen molar-refractivity contribution >= 4 is 34.2 Å². The van der Waals surface area contributed by atoms with E-state index in [0.717, 1.165) is 3.92 Å². The highest BCUT2D eigenvalue weighted by Gasteiger charge is 2.16. The monoisotopic (exact) mass is 244 g/mol. The third kappa shape index (κ3) is 2.09. The Morgan fingerprint density at radius 2 is 2.12 bits per heavy atom. The van der Waals surface area contributed by atoms with Crippen molar-refractivity contribution in [3.63, 3.8) is 0 Å². The predicted molar refractivity (Wildman–Crippen MR) is 45.9 cm³/mol. The van der Waals surface area contributed by atoms with Crippen LogP contribution in [-0.2, 0) is 0 Å². The maximum absolute atomic E-state index is 5.91. The van der Waals surface area contributed by atoms with E-state index in [1.807, 2.05) is 0 Å². The molecule has 0 bridgehead atoms. The molecular weight excluding hydrogens is 234 g/mol. The molecule has 8 heavy (non-hydrogen) atoms. The topological polar surface area (TPSA) is 0 Å². The van der Waals surface area contributed by atoms with E-state index in [1.54, 1.807) is 0 Å². The molecule has 1 aliphatic rings. The molecule has 1 fully saturated rings. The molecule has 0 amide bonds. The van der Waals surface area contributed by atoms with E-state index >= 15 is 0 Å². The van der Waals surface area contributed by atoms with Gasteiger partial charge in [0.15, 0.2) is 0 Å². The summed E-state index contributed by atoms with van der Waals surface area (Å²) in [6, 6.07) is 0. The summed E-state index contributed by atoms with van der Waals surface area (Å²) in [5.41, 5.74) is 0. The third-order valence-corrected chi connectivity index (χ3v) is 3.07. The van der Waals surface area contributed by atoms with Crippen LogP contribution in [0.3, 0.4) is 0 Å². The number of halogens is 2. The Kier molecular flexibility index (Phi) is 2.90. The second-order valence-electron chi connectivity index (χ2n) is 2.36. The molecule has 0 radical (unpaired) electrons. The predicted octanol–water partition coefficient (Wildman–Crippen LogP) is 2.97. The van der Waals surface area contributed by atoms with Crippen molar-refractivity contribution in [2.45, 2.75) is 35.0 Å². The molecule has 1 aliphatic carbocycles. The number of rotatable bonds is 0. The molecule has 1 rings (SSSR count). The van der Waals surface area contributed by atoms with Gasteiger partial charge in [-0.1, -0.05) is 29.0 Å². The Bertz CT molecular complexity index is 66.9. The van der Waals surface area contributed by atoms with E-state index in [0.29, 0.717) is 5.38 Å². The lowest BCUT2D eigenvalue weighted by Crippen LogP contribution is -2.14. The number of alkyl halides is 2.